The van der Waals surface area contributed by atoms with E-state index in [2.05, 4.69) is 21.9 Å². The van der Waals surface area contributed by atoms with Gasteiger partial charge in [0.1, 0.15) is 10.7 Å². The standard InChI is InChI=1S/C13H20ClN3O2S/c1-3-4-13(5-6-13)9-17-20(18,19)10-7-11(14)12(15-2)16-8-10/h7-8,17H,3-6,9H2,1-2H3,(H,15,16). The lowest BCUT2D eigenvalue weighted by Crippen LogP contribution is -2.30. The van der Waals surface area contributed by atoms with Crippen molar-refractivity contribution in [3.8, 4) is 0 Å². The molecule has 5 nitrogen and oxygen atoms in total. The lowest BCUT2D eigenvalue weighted by atomic mass is 10.0. The molecule has 112 valence electrons. The Morgan fingerprint density at radius 3 is 2.65 bits per heavy atom. The summed E-state index contributed by atoms with van der Waals surface area (Å²) in [6.07, 6.45) is 5.65. The summed E-state index contributed by atoms with van der Waals surface area (Å²) < 4.78 is 27.1. The summed E-state index contributed by atoms with van der Waals surface area (Å²) in [5, 5.41) is 3.09. The third-order valence-corrected chi connectivity index (χ3v) is 5.39. The van der Waals surface area contributed by atoms with Crippen LogP contribution in [0.4, 0.5) is 5.82 Å². The minimum atomic E-state index is -3.54. The second-order valence-electron chi connectivity index (χ2n) is 5.33. The van der Waals surface area contributed by atoms with E-state index >= 15 is 0 Å². The van der Waals surface area contributed by atoms with E-state index in [0.29, 0.717) is 17.4 Å². The molecule has 0 aromatic carbocycles. The average Bonchev–Trinajstić information content (AvgIpc) is 3.17. The first-order valence-corrected chi connectivity index (χ1v) is 8.61. The fourth-order valence-electron chi connectivity index (χ4n) is 2.30. The van der Waals surface area contributed by atoms with Crippen LogP contribution in [0.2, 0.25) is 5.02 Å². The summed E-state index contributed by atoms with van der Waals surface area (Å²) in [4.78, 5) is 4.10. The number of rotatable bonds is 7. The number of aromatic nitrogens is 1. The molecule has 1 saturated carbocycles. The summed E-state index contributed by atoms with van der Waals surface area (Å²) in [7, 11) is -1.86. The Kier molecular flexibility index (Phi) is 4.56. The Hall–Kier alpha value is -0.850. The van der Waals surface area contributed by atoms with E-state index in [4.69, 9.17) is 11.6 Å². The zero-order chi connectivity index (χ0) is 14.8. The van der Waals surface area contributed by atoms with E-state index in [1.807, 2.05) is 0 Å². The quantitative estimate of drug-likeness (QED) is 0.811. The minimum Gasteiger partial charge on any atom is -0.372 e. The molecule has 0 amide bonds. The van der Waals surface area contributed by atoms with Crippen molar-refractivity contribution in [3.63, 3.8) is 0 Å². The van der Waals surface area contributed by atoms with Crippen LogP contribution in [0.1, 0.15) is 32.6 Å². The third-order valence-electron chi connectivity index (χ3n) is 3.74. The number of hydrogen-bond donors (Lipinski definition) is 2. The predicted molar refractivity (Wildman–Crippen MR) is 80.6 cm³/mol. The molecule has 0 spiro atoms. The second-order valence-corrected chi connectivity index (χ2v) is 7.50. The molecule has 20 heavy (non-hydrogen) atoms. The van der Waals surface area contributed by atoms with Gasteiger partial charge in [-0.3, -0.25) is 0 Å². The van der Waals surface area contributed by atoms with Gasteiger partial charge in [-0.05, 0) is 30.7 Å². The normalized spacial score (nSPS) is 16.9. The Bertz CT molecular complexity index is 585. The third kappa shape index (κ3) is 3.42. The van der Waals surface area contributed by atoms with E-state index in [1.165, 1.54) is 12.3 Å². The largest absolute Gasteiger partial charge is 0.372 e. The van der Waals surface area contributed by atoms with Crippen molar-refractivity contribution < 1.29 is 8.42 Å². The van der Waals surface area contributed by atoms with Gasteiger partial charge in [0.2, 0.25) is 10.0 Å². The van der Waals surface area contributed by atoms with Gasteiger partial charge in [-0.2, -0.15) is 0 Å². The van der Waals surface area contributed by atoms with E-state index in [0.717, 1.165) is 25.7 Å². The molecule has 1 aliphatic carbocycles. The van der Waals surface area contributed by atoms with Crippen LogP contribution in [-0.2, 0) is 10.0 Å². The van der Waals surface area contributed by atoms with Crippen molar-refractivity contribution >= 4 is 27.4 Å². The van der Waals surface area contributed by atoms with Gasteiger partial charge >= 0.3 is 0 Å². The maximum absolute atomic E-state index is 12.2. The number of halogens is 1. The molecule has 2 N–H and O–H groups in total. The van der Waals surface area contributed by atoms with E-state index in [9.17, 15) is 8.42 Å². The fourth-order valence-corrected chi connectivity index (χ4v) is 3.76. The molecule has 0 aliphatic heterocycles. The van der Waals surface area contributed by atoms with Crippen molar-refractivity contribution in [3.05, 3.63) is 17.3 Å². The monoisotopic (exact) mass is 317 g/mol. The summed E-state index contributed by atoms with van der Waals surface area (Å²) >= 11 is 5.97. The van der Waals surface area contributed by atoms with Gasteiger partial charge in [-0.1, -0.05) is 24.9 Å². The minimum absolute atomic E-state index is 0.105. The first kappa shape index (κ1) is 15.5. The lowest BCUT2D eigenvalue weighted by Gasteiger charge is -2.15. The highest BCUT2D eigenvalue weighted by molar-refractivity contribution is 7.89. The van der Waals surface area contributed by atoms with Crippen LogP contribution in [0.25, 0.3) is 0 Å². The van der Waals surface area contributed by atoms with Crippen LogP contribution < -0.4 is 10.0 Å². The number of anilines is 1. The van der Waals surface area contributed by atoms with Gasteiger partial charge in [0.25, 0.3) is 0 Å². The predicted octanol–water partition coefficient (Wildman–Crippen LogP) is 2.64. The van der Waals surface area contributed by atoms with E-state index in [1.54, 1.807) is 7.05 Å². The van der Waals surface area contributed by atoms with Gasteiger partial charge in [-0.25, -0.2) is 18.1 Å². The van der Waals surface area contributed by atoms with Crippen LogP contribution in [-0.4, -0.2) is 27.0 Å². The van der Waals surface area contributed by atoms with E-state index in [-0.39, 0.29) is 10.3 Å². The highest BCUT2D eigenvalue weighted by atomic mass is 35.5. The molecule has 1 fully saturated rings. The first-order valence-electron chi connectivity index (χ1n) is 6.75. The topological polar surface area (TPSA) is 71.1 Å². The number of hydrogen-bond acceptors (Lipinski definition) is 4. The molecular weight excluding hydrogens is 298 g/mol. The van der Waals surface area contributed by atoms with Crippen LogP contribution in [0.3, 0.4) is 0 Å². The number of nitrogens with zero attached hydrogens (tertiary/aromatic N) is 1. The van der Waals surface area contributed by atoms with Gasteiger partial charge in [0.05, 0.1) is 5.02 Å². The highest BCUT2D eigenvalue weighted by Crippen LogP contribution is 2.49. The Morgan fingerprint density at radius 2 is 2.15 bits per heavy atom. The van der Waals surface area contributed by atoms with Crippen molar-refractivity contribution in [2.45, 2.75) is 37.5 Å². The summed E-state index contributed by atoms with van der Waals surface area (Å²) in [5.41, 5.74) is 0.171. The molecule has 1 heterocycles. The molecule has 1 aromatic heterocycles. The molecule has 0 bridgehead atoms. The Balaban J connectivity index is 2.09. The van der Waals surface area contributed by atoms with Crippen molar-refractivity contribution in [1.29, 1.82) is 0 Å². The molecule has 0 unspecified atom stereocenters. The van der Waals surface area contributed by atoms with Crippen molar-refractivity contribution in [2.75, 3.05) is 18.9 Å². The molecule has 0 radical (unpaired) electrons. The molecule has 7 heteroatoms. The smallest absolute Gasteiger partial charge is 0.242 e. The number of pyridine rings is 1. The van der Waals surface area contributed by atoms with Crippen molar-refractivity contribution in [1.82, 2.24) is 9.71 Å². The first-order chi connectivity index (χ1) is 9.42. The molecule has 0 atom stereocenters. The van der Waals surface area contributed by atoms with Crippen molar-refractivity contribution in [2.24, 2.45) is 5.41 Å². The zero-order valence-electron chi connectivity index (χ0n) is 11.7. The lowest BCUT2D eigenvalue weighted by molar-refractivity contribution is 0.449. The average molecular weight is 318 g/mol. The van der Waals surface area contributed by atoms with Crippen LogP contribution in [0, 0.1) is 5.41 Å². The maximum atomic E-state index is 12.2. The van der Waals surface area contributed by atoms with Gasteiger partial charge < -0.3 is 5.32 Å². The Morgan fingerprint density at radius 1 is 1.45 bits per heavy atom. The molecule has 0 saturated heterocycles. The SMILES string of the molecule is CCCC1(CNS(=O)(=O)c2cnc(NC)c(Cl)c2)CC1. The molecule has 1 aliphatic rings. The zero-order valence-corrected chi connectivity index (χ0v) is 13.3. The summed E-state index contributed by atoms with van der Waals surface area (Å²) in [6, 6.07) is 1.42. The van der Waals surface area contributed by atoms with Crippen LogP contribution in [0.5, 0.6) is 0 Å². The molecule has 2 rings (SSSR count). The molecular formula is C13H20ClN3O2S. The summed E-state index contributed by atoms with van der Waals surface area (Å²) in [5.74, 6) is 0.468. The van der Waals surface area contributed by atoms with Gasteiger partial charge in [-0.15, -0.1) is 0 Å². The van der Waals surface area contributed by atoms with Gasteiger partial charge in [0, 0.05) is 19.8 Å². The fraction of sp³-hybridized carbons (Fsp3) is 0.615. The second kappa shape index (κ2) is 5.87. The maximum Gasteiger partial charge on any atom is 0.242 e. The van der Waals surface area contributed by atoms with E-state index < -0.39 is 10.0 Å². The molecule has 1 aromatic rings. The van der Waals surface area contributed by atoms with Gasteiger partial charge in [0.15, 0.2) is 0 Å². The number of nitrogens with one attached hydrogen (secondary N) is 2. The highest BCUT2D eigenvalue weighted by Gasteiger charge is 2.42. The van der Waals surface area contributed by atoms with Crippen LogP contribution >= 0.6 is 11.6 Å². The Labute approximate surface area is 125 Å². The summed E-state index contributed by atoms with van der Waals surface area (Å²) in [6.45, 7) is 2.61. The van der Waals surface area contributed by atoms with Crippen LogP contribution in [0.15, 0.2) is 17.2 Å². The number of sulfonamides is 1.